The third-order valence-electron chi connectivity index (χ3n) is 3.94. The predicted octanol–water partition coefficient (Wildman–Crippen LogP) is 2.42. The molecule has 0 saturated carbocycles. The van der Waals surface area contributed by atoms with Crippen LogP contribution in [0, 0.1) is 0 Å². The molecule has 2 aromatic heterocycles. The van der Waals surface area contributed by atoms with Gasteiger partial charge in [0.25, 0.3) is 5.91 Å². The van der Waals surface area contributed by atoms with Gasteiger partial charge in [0.2, 0.25) is 5.91 Å². The van der Waals surface area contributed by atoms with E-state index in [1.54, 1.807) is 44.7 Å². The van der Waals surface area contributed by atoms with Gasteiger partial charge in [-0.05, 0) is 24.3 Å². The lowest BCUT2D eigenvalue weighted by molar-refractivity contribution is -0.140. The molecule has 1 atom stereocenters. The van der Waals surface area contributed by atoms with E-state index in [0.717, 1.165) is 0 Å². The number of hydrazone groups is 1. The summed E-state index contributed by atoms with van der Waals surface area (Å²) < 4.78 is 10.8. The van der Waals surface area contributed by atoms with Gasteiger partial charge >= 0.3 is 0 Å². The summed E-state index contributed by atoms with van der Waals surface area (Å²) in [6, 6.07) is 6.83. The molecule has 24 heavy (non-hydrogen) atoms. The second kappa shape index (κ2) is 6.74. The lowest BCUT2D eigenvalue weighted by atomic mass is 10.1. The number of rotatable bonds is 5. The Balaban J connectivity index is 1.83. The third-order valence-corrected chi connectivity index (χ3v) is 3.94. The third kappa shape index (κ3) is 3.10. The van der Waals surface area contributed by atoms with Gasteiger partial charge in [-0.25, -0.2) is 5.01 Å². The Morgan fingerprint density at radius 3 is 2.67 bits per heavy atom. The van der Waals surface area contributed by atoms with Crippen LogP contribution in [0.15, 0.2) is 50.7 Å². The quantitative estimate of drug-likeness (QED) is 0.844. The fourth-order valence-corrected chi connectivity index (χ4v) is 2.67. The van der Waals surface area contributed by atoms with Gasteiger partial charge in [-0.15, -0.1) is 0 Å². The van der Waals surface area contributed by atoms with Crippen molar-refractivity contribution in [1.29, 1.82) is 0 Å². The van der Waals surface area contributed by atoms with E-state index in [0.29, 0.717) is 30.1 Å². The van der Waals surface area contributed by atoms with Crippen molar-refractivity contribution in [2.45, 2.75) is 25.8 Å². The van der Waals surface area contributed by atoms with E-state index in [1.165, 1.54) is 9.91 Å². The molecule has 7 heteroatoms. The summed E-state index contributed by atoms with van der Waals surface area (Å²) in [4.78, 5) is 25.8. The molecule has 3 heterocycles. The molecule has 3 rings (SSSR count). The van der Waals surface area contributed by atoms with Crippen LogP contribution in [0.4, 0.5) is 0 Å². The first kappa shape index (κ1) is 16.0. The van der Waals surface area contributed by atoms with E-state index >= 15 is 0 Å². The highest BCUT2D eigenvalue weighted by molar-refractivity contribution is 6.01. The van der Waals surface area contributed by atoms with E-state index in [2.05, 4.69) is 5.10 Å². The van der Waals surface area contributed by atoms with Crippen molar-refractivity contribution in [1.82, 2.24) is 9.91 Å². The number of carbonyl (C=O) groups excluding carboxylic acids is 2. The summed E-state index contributed by atoms with van der Waals surface area (Å²) in [5.74, 6) is 0.924. The van der Waals surface area contributed by atoms with Crippen molar-refractivity contribution < 1.29 is 18.4 Å². The highest BCUT2D eigenvalue weighted by Gasteiger charge is 2.36. The minimum absolute atomic E-state index is 0.0290. The monoisotopic (exact) mass is 329 g/mol. The molecule has 2 aromatic rings. The van der Waals surface area contributed by atoms with Crippen LogP contribution in [-0.2, 0) is 9.59 Å². The lowest BCUT2D eigenvalue weighted by Crippen LogP contribution is -2.38. The Morgan fingerprint density at radius 2 is 2.04 bits per heavy atom. The van der Waals surface area contributed by atoms with E-state index < -0.39 is 0 Å². The number of furan rings is 2. The number of hydrogen-bond acceptors (Lipinski definition) is 5. The fraction of sp³-hybridized carbons (Fsp3) is 0.353. The maximum atomic E-state index is 12.6. The second-order valence-electron chi connectivity index (χ2n) is 5.60. The molecule has 0 saturated heterocycles. The van der Waals surface area contributed by atoms with Crippen LogP contribution in [0.2, 0.25) is 0 Å². The van der Waals surface area contributed by atoms with Gasteiger partial charge in [-0.1, -0.05) is 6.92 Å². The Bertz CT molecular complexity index is 734. The number of nitrogens with zero attached hydrogens (tertiary/aromatic N) is 3. The van der Waals surface area contributed by atoms with Gasteiger partial charge in [0, 0.05) is 19.9 Å². The standard InChI is InChI=1S/C17H19N3O4/c1-3-16(21)19(2)11-17(22)20-13(15-7-5-9-24-15)10-12(18-20)14-6-4-8-23-14/h4-9,13H,3,10-11H2,1-2H3/t13-/m1/s1. The molecular formula is C17H19N3O4. The molecule has 0 aromatic carbocycles. The summed E-state index contributed by atoms with van der Waals surface area (Å²) in [7, 11) is 1.61. The molecule has 1 aliphatic rings. The van der Waals surface area contributed by atoms with Crippen molar-refractivity contribution >= 4 is 17.5 Å². The molecule has 0 bridgehead atoms. The molecule has 2 amide bonds. The zero-order valence-electron chi connectivity index (χ0n) is 13.6. The predicted molar refractivity (Wildman–Crippen MR) is 86.1 cm³/mol. The largest absolute Gasteiger partial charge is 0.467 e. The van der Waals surface area contributed by atoms with E-state index in [4.69, 9.17) is 8.83 Å². The number of likely N-dealkylation sites (N-methyl/N-ethyl adjacent to an activating group) is 1. The molecule has 0 N–H and O–H groups in total. The first-order valence-electron chi connectivity index (χ1n) is 7.81. The van der Waals surface area contributed by atoms with Crippen LogP contribution in [-0.4, -0.2) is 41.0 Å². The number of amides is 2. The van der Waals surface area contributed by atoms with Crippen molar-refractivity contribution in [3.63, 3.8) is 0 Å². The van der Waals surface area contributed by atoms with Crippen molar-refractivity contribution in [3.8, 4) is 0 Å². The smallest absolute Gasteiger partial charge is 0.262 e. The van der Waals surface area contributed by atoms with Crippen LogP contribution in [0.1, 0.15) is 37.3 Å². The Kier molecular flexibility index (Phi) is 4.50. The highest BCUT2D eigenvalue weighted by Crippen LogP contribution is 2.33. The Morgan fingerprint density at radius 1 is 1.29 bits per heavy atom. The summed E-state index contributed by atoms with van der Waals surface area (Å²) in [5, 5.41) is 5.80. The zero-order chi connectivity index (χ0) is 17.1. The number of carbonyl (C=O) groups is 2. The van der Waals surface area contributed by atoms with Crippen LogP contribution >= 0.6 is 0 Å². The summed E-state index contributed by atoms with van der Waals surface area (Å²) in [6.45, 7) is 1.73. The van der Waals surface area contributed by atoms with Crippen molar-refractivity contribution in [2.75, 3.05) is 13.6 Å². The molecule has 0 spiro atoms. The first-order valence-corrected chi connectivity index (χ1v) is 7.81. The first-order chi connectivity index (χ1) is 11.6. The summed E-state index contributed by atoms with van der Waals surface area (Å²) in [6.07, 6.45) is 3.98. The molecule has 0 radical (unpaired) electrons. The van der Waals surface area contributed by atoms with Crippen LogP contribution < -0.4 is 0 Å². The van der Waals surface area contributed by atoms with Crippen LogP contribution in [0.25, 0.3) is 0 Å². The fourth-order valence-electron chi connectivity index (χ4n) is 2.67. The number of hydrogen-bond donors (Lipinski definition) is 0. The SMILES string of the molecule is CCC(=O)N(C)CC(=O)N1N=C(c2ccco2)C[C@@H]1c1ccco1. The molecule has 7 nitrogen and oxygen atoms in total. The molecule has 1 aliphatic heterocycles. The lowest BCUT2D eigenvalue weighted by Gasteiger charge is -2.23. The maximum Gasteiger partial charge on any atom is 0.262 e. The summed E-state index contributed by atoms with van der Waals surface area (Å²) >= 11 is 0. The van der Waals surface area contributed by atoms with E-state index in [-0.39, 0.29) is 24.4 Å². The molecule has 126 valence electrons. The van der Waals surface area contributed by atoms with Gasteiger partial charge in [0.1, 0.15) is 29.8 Å². The van der Waals surface area contributed by atoms with Gasteiger partial charge in [-0.2, -0.15) is 5.10 Å². The summed E-state index contributed by atoms with van der Waals surface area (Å²) in [5.41, 5.74) is 0.680. The maximum absolute atomic E-state index is 12.6. The normalized spacial score (nSPS) is 17.0. The van der Waals surface area contributed by atoms with Gasteiger partial charge in [-0.3, -0.25) is 9.59 Å². The zero-order valence-corrected chi connectivity index (χ0v) is 13.6. The van der Waals surface area contributed by atoms with E-state index in [1.807, 2.05) is 6.07 Å². The Labute approximate surface area is 139 Å². The topological polar surface area (TPSA) is 79.3 Å². The van der Waals surface area contributed by atoms with Crippen LogP contribution in [0.3, 0.4) is 0 Å². The molecular weight excluding hydrogens is 310 g/mol. The van der Waals surface area contributed by atoms with Gasteiger partial charge in [0.15, 0.2) is 0 Å². The van der Waals surface area contributed by atoms with Gasteiger partial charge in [0.05, 0.1) is 12.5 Å². The van der Waals surface area contributed by atoms with Crippen molar-refractivity contribution in [2.24, 2.45) is 5.10 Å². The average Bonchev–Trinajstić information content (AvgIpc) is 3.33. The second-order valence-corrected chi connectivity index (χ2v) is 5.60. The average molecular weight is 329 g/mol. The molecule has 0 aliphatic carbocycles. The van der Waals surface area contributed by atoms with Gasteiger partial charge < -0.3 is 13.7 Å². The Hall–Kier alpha value is -2.83. The van der Waals surface area contributed by atoms with Crippen LogP contribution in [0.5, 0.6) is 0 Å². The minimum atomic E-state index is -0.335. The molecule has 0 unspecified atom stereocenters. The molecule has 0 fully saturated rings. The van der Waals surface area contributed by atoms with Crippen molar-refractivity contribution in [3.05, 3.63) is 48.3 Å². The minimum Gasteiger partial charge on any atom is -0.467 e. The van der Waals surface area contributed by atoms with E-state index in [9.17, 15) is 9.59 Å². The highest BCUT2D eigenvalue weighted by atomic mass is 16.3.